The van der Waals surface area contributed by atoms with Gasteiger partial charge in [0.05, 0.1) is 17.5 Å². The van der Waals surface area contributed by atoms with Crippen LogP contribution in [-0.4, -0.2) is 54.1 Å². The van der Waals surface area contributed by atoms with Crippen LogP contribution in [0.1, 0.15) is 20.2 Å². The quantitative estimate of drug-likeness (QED) is 0.870. The zero-order valence-electron chi connectivity index (χ0n) is 12.9. The molecule has 0 aliphatic carbocycles. The van der Waals surface area contributed by atoms with Crippen molar-refractivity contribution in [2.24, 2.45) is 0 Å². The SMILES string of the molecule is COCCN1C(=O)c2cccn2CC1CNC(=O)c1cccs1. The fourth-order valence-electron chi connectivity index (χ4n) is 2.76. The lowest BCUT2D eigenvalue weighted by Gasteiger charge is -2.36. The summed E-state index contributed by atoms with van der Waals surface area (Å²) in [4.78, 5) is 27.2. The van der Waals surface area contributed by atoms with Gasteiger partial charge in [-0.15, -0.1) is 11.3 Å². The highest BCUT2D eigenvalue weighted by atomic mass is 32.1. The predicted octanol–water partition coefficient (Wildman–Crippen LogP) is 1.45. The number of fused-ring (bicyclic) bond motifs is 1. The summed E-state index contributed by atoms with van der Waals surface area (Å²) in [6.45, 7) is 2.08. The van der Waals surface area contributed by atoms with Crippen molar-refractivity contribution < 1.29 is 14.3 Å². The average Bonchev–Trinajstić information content (AvgIpc) is 3.23. The lowest BCUT2D eigenvalue weighted by molar-refractivity contribution is 0.0504. The Labute approximate surface area is 138 Å². The molecule has 2 aromatic rings. The van der Waals surface area contributed by atoms with Crippen LogP contribution in [0.4, 0.5) is 0 Å². The van der Waals surface area contributed by atoms with E-state index in [9.17, 15) is 9.59 Å². The predicted molar refractivity (Wildman–Crippen MR) is 87.8 cm³/mol. The van der Waals surface area contributed by atoms with Crippen LogP contribution in [0.3, 0.4) is 0 Å². The van der Waals surface area contributed by atoms with E-state index in [4.69, 9.17) is 4.74 Å². The molecular formula is C16H19N3O3S. The van der Waals surface area contributed by atoms with Gasteiger partial charge in [-0.1, -0.05) is 6.07 Å². The maximum Gasteiger partial charge on any atom is 0.270 e. The van der Waals surface area contributed by atoms with E-state index < -0.39 is 0 Å². The van der Waals surface area contributed by atoms with Crippen molar-refractivity contribution >= 4 is 23.2 Å². The lowest BCUT2D eigenvalue weighted by atomic mass is 10.1. The highest BCUT2D eigenvalue weighted by Gasteiger charge is 2.32. The first-order valence-electron chi connectivity index (χ1n) is 7.47. The van der Waals surface area contributed by atoms with E-state index in [1.54, 1.807) is 18.1 Å². The molecule has 0 saturated carbocycles. The van der Waals surface area contributed by atoms with E-state index >= 15 is 0 Å². The van der Waals surface area contributed by atoms with Crippen molar-refractivity contribution in [2.45, 2.75) is 12.6 Å². The molecule has 7 heteroatoms. The van der Waals surface area contributed by atoms with Gasteiger partial charge in [0.15, 0.2) is 0 Å². The Hall–Kier alpha value is -2.12. The molecule has 1 aliphatic rings. The van der Waals surface area contributed by atoms with E-state index in [1.807, 2.05) is 34.3 Å². The van der Waals surface area contributed by atoms with Crippen molar-refractivity contribution in [1.82, 2.24) is 14.8 Å². The molecule has 3 heterocycles. The maximum atomic E-state index is 12.6. The molecule has 2 amide bonds. The molecule has 0 saturated heterocycles. The Morgan fingerprint density at radius 1 is 1.43 bits per heavy atom. The maximum absolute atomic E-state index is 12.6. The minimum Gasteiger partial charge on any atom is -0.383 e. The monoisotopic (exact) mass is 333 g/mol. The molecule has 0 bridgehead atoms. The summed E-state index contributed by atoms with van der Waals surface area (Å²) >= 11 is 1.41. The summed E-state index contributed by atoms with van der Waals surface area (Å²) < 4.78 is 7.05. The summed E-state index contributed by atoms with van der Waals surface area (Å²) in [5.41, 5.74) is 0.682. The highest BCUT2D eigenvalue weighted by Crippen LogP contribution is 2.18. The number of rotatable bonds is 6. The van der Waals surface area contributed by atoms with Crippen LogP contribution in [-0.2, 0) is 11.3 Å². The molecule has 0 radical (unpaired) electrons. The number of hydrogen-bond donors (Lipinski definition) is 1. The average molecular weight is 333 g/mol. The number of aromatic nitrogens is 1. The zero-order chi connectivity index (χ0) is 16.2. The standard InChI is InChI=1S/C16H19N3O3S/c1-22-8-7-19-12(10-17-15(20)14-5-3-9-23-14)11-18-6-2-4-13(18)16(19)21/h2-6,9,12H,7-8,10-11H2,1H3,(H,17,20). The minimum absolute atomic E-state index is 0.0197. The molecule has 3 rings (SSSR count). The molecule has 23 heavy (non-hydrogen) atoms. The van der Waals surface area contributed by atoms with Crippen molar-refractivity contribution in [3.63, 3.8) is 0 Å². The van der Waals surface area contributed by atoms with Gasteiger partial charge in [-0.05, 0) is 23.6 Å². The number of ether oxygens (including phenoxy) is 1. The van der Waals surface area contributed by atoms with E-state index in [2.05, 4.69) is 5.32 Å². The highest BCUT2D eigenvalue weighted by molar-refractivity contribution is 7.12. The molecule has 0 spiro atoms. The molecule has 2 aromatic heterocycles. The van der Waals surface area contributed by atoms with Gasteiger partial charge >= 0.3 is 0 Å². The molecule has 122 valence electrons. The second-order valence-electron chi connectivity index (χ2n) is 5.38. The van der Waals surface area contributed by atoms with Gasteiger partial charge in [0.25, 0.3) is 11.8 Å². The molecular weight excluding hydrogens is 314 g/mol. The van der Waals surface area contributed by atoms with Crippen molar-refractivity contribution in [1.29, 1.82) is 0 Å². The van der Waals surface area contributed by atoms with E-state index in [0.29, 0.717) is 36.8 Å². The second kappa shape index (κ2) is 6.97. The van der Waals surface area contributed by atoms with Gasteiger partial charge in [-0.25, -0.2) is 0 Å². The molecule has 1 unspecified atom stereocenters. The minimum atomic E-state index is -0.0996. The Kier molecular flexibility index (Phi) is 4.78. The number of nitrogens with zero attached hydrogens (tertiary/aromatic N) is 2. The smallest absolute Gasteiger partial charge is 0.270 e. The van der Waals surface area contributed by atoms with Crippen LogP contribution in [0.2, 0.25) is 0 Å². The van der Waals surface area contributed by atoms with Gasteiger partial charge in [0.1, 0.15) is 5.69 Å². The third kappa shape index (κ3) is 3.30. The summed E-state index contributed by atoms with van der Waals surface area (Å²) in [6.07, 6.45) is 1.90. The Morgan fingerprint density at radius 3 is 3.04 bits per heavy atom. The van der Waals surface area contributed by atoms with Crippen molar-refractivity contribution in [3.05, 3.63) is 46.4 Å². The summed E-state index contributed by atoms with van der Waals surface area (Å²) in [5.74, 6) is -0.119. The van der Waals surface area contributed by atoms with Crippen LogP contribution < -0.4 is 5.32 Å². The second-order valence-corrected chi connectivity index (χ2v) is 6.33. The van der Waals surface area contributed by atoms with E-state index in [-0.39, 0.29) is 17.9 Å². The molecule has 1 N–H and O–H groups in total. The van der Waals surface area contributed by atoms with Crippen LogP contribution in [0.25, 0.3) is 0 Å². The Balaban J connectivity index is 1.70. The number of carbonyl (C=O) groups excluding carboxylic acids is 2. The summed E-state index contributed by atoms with van der Waals surface area (Å²) in [7, 11) is 1.62. The molecule has 1 atom stereocenters. The number of nitrogens with one attached hydrogen (secondary N) is 1. The molecule has 6 nitrogen and oxygen atoms in total. The lowest BCUT2D eigenvalue weighted by Crippen LogP contribution is -2.53. The normalized spacial score (nSPS) is 17.2. The molecule has 0 fully saturated rings. The molecule has 1 aliphatic heterocycles. The zero-order valence-corrected chi connectivity index (χ0v) is 13.7. The van der Waals surface area contributed by atoms with Crippen molar-refractivity contribution in [2.75, 3.05) is 26.8 Å². The molecule has 0 aromatic carbocycles. The first kappa shape index (κ1) is 15.8. The van der Waals surface area contributed by atoms with Crippen molar-refractivity contribution in [3.8, 4) is 0 Å². The first-order valence-corrected chi connectivity index (χ1v) is 8.35. The van der Waals surface area contributed by atoms with Gasteiger partial charge in [-0.2, -0.15) is 0 Å². The van der Waals surface area contributed by atoms with Gasteiger partial charge < -0.3 is 19.5 Å². The van der Waals surface area contributed by atoms with Gasteiger partial charge in [-0.3, -0.25) is 9.59 Å². The first-order chi connectivity index (χ1) is 11.2. The fourth-order valence-corrected chi connectivity index (χ4v) is 3.40. The number of carbonyl (C=O) groups is 2. The Morgan fingerprint density at radius 2 is 2.30 bits per heavy atom. The van der Waals surface area contributed by atoms with Gasteiger partial charge in [0.2, 0.25) is 0 Å². The van der Waals surface area contributed by atoms with Crippen LogP contribution in [0, 0.1) is 0 Å². The number of amides is 2. The number of hydrogen-bond acceptors (Lipinski definition) is 4. The van der Waals surface area contributed by atoms with Crippen LogP contribution in [0.5, 0.6) is 0 Å². The summed E-state index contributed by atoms with van der Waals surface area (Å²) in [5, 5.41) is 4.80. The third-order valence-corrected chi connectivity index (χ3v) is 4.81. The fraction of sp³-hybridized carbons (Fsp3) is 0.375. The number of methoxy groups -OCH3 is 1. The largest absolute Gasteiger partial charge is 0.383 e. The Bertz CT molecular complexity index is 681. The van der Waals surface area contributed by atoms with Gasteiger partial charge in [0, 0.05) is 32.9 Å². The van der Waals surface area contributed by atoms with E-state index in [0.717, 1.165) is 0 Å². The van der Waals surface area contributed by atoms with E-state index in [1.165, 1.54) is 11.3 Å². The topological polar surface area (TPSA) is 63.6 Å². The third-order valence-electron chi connectivity index (χ3n) is 3.94. The van der Waals surface area contributed by atoms with Crippen LogP contribution >= 0.6 is 11.3 Å². The summed E-state index contributed by atoms with van der Waals surface area (Å²) in [6, 6.07) is 7.25. The van der Waals surface area contributed by atoms with Crippen LogP contribution in [0.15, 0.2) is 35.8 Å². The number of thiophene rings is 1.